The molecule has 218 valence electrons. The van der Waals surface area contributed by atoms with Gasteiger partial charge in [0.15, 0.2) is 28.7 Å². The van der Waals surface area contributed by atoms with Crippen LogP contribution >= 0.6 is 11.3 Å². The predicted octanol–water partition coefficient (Wildman–Crippen LogP) is 7.48. The number of nitrogens with zero attached hydrogens (tertiary/aromatic N) is 2. The molecule has 0 unspecified atom stereocenters. The number of rotatable bonds is 5. The molecular formula is C31H19N3O8S2. The van der Waals surface area contributed by atoms with Gasteiger partial charge >= 0.3 is 6.01 Å². The first kappa shape index (κ1) is 26.1. The second-order valence-electron chi connectivity index (χ2n) is 9.92. The van der Waals surface area contributed by atoms with E-state index in [1.54, 1.807) is 24.3 Å². The molecule has 0 saturated heterocycles. The lowest BCUT2D eigenvalue weighted by molar-refractivity contribution is 0.100. The van der Waals surface area contributed by atoms with E-state index in [-0.39, 0.29) is 21.5 Å². The number of nitrogens with one attached hydrogen (secondary N) is 1. The Labute approximate surface area is 252 Å². The number of oxazole rings is 1. The SMILES string of the molecule is CN1/C(=C(/O)Nc2ncc(-c3ccc(-c4cc5ccccc5o4)o3)o2)C(=O)c2sc(-c3cc4ccccc4o3)cc2S1(=O)=O. The highest BCUT2D eigenvalue weighted by molar-refractivity contribution is 7.89. The maximum atomic E-state index is 13.5. The third-order valence-corrected chi connectivity index (χ3v) is 10.3. The zero-order valence-electron chi connectivity index (χ0n) is 22.6. The number of allylic oxidation sites excluding steroid dienone is 1. The average molecular weight is 626 g/mol. The van der Waals surface area contributed by atoms with Crippen LogP contribution in [-0.2, 0) is 10.0 Å². The number of fused-ring (bicyclic) bond motifs is 3. The predicted molar refractivity (Wildman–Crippen MR) is 161 cm³/mol. The first-order valence-corrected chi connectivity index (χ1v) is 15.4. The van der Waals surface area contributed by atoms with E-state index in [1.807, 2.05) is 48.5 Å². The van der Waals surface area contributed by atoms with Gasteiger partial charge in [-0.25, -0.2) is 13.4 Å². The van der Waals surface area contributed by atoms with Crippen LogP contribution in [-0.4, -0.2) is 35.6 Å². The minimum absolute atomic E-state index is 0.0521. The lowest BCUT2D eigenvalue weighted by atomic mass is 10.2. The lowest BCUT2D eigenvalue weighted by Crippen LogP contribution is -2.37. The number of thiophene rings is 1. The van der Waals surface area contributed by atoms with E-state index in [4.69, 9.17) is 17.7 Å². The topological polar surface area (TPSA) is 152 Å². The molecule has 0 amide bonds. The fraction of sp³-hybridized carbons (Fsp3) is 0.0323. The summed E-state index contributed by atoms with van der Waals surface area (Å²) in [6.45, 7) is 0. The number of sulfonamides is 1. The number of aliphatic hydroxyl groups is 1. The number of para-hydroxylation sites is 2. The molecule has 0 saturated carbocycles. The van der Waals surface area contributed by atoms with Crippen molar-refractivity contribution >= 4 is 55.1 Å². The number of likely N-dealkylation sites (N-methyl/N-ethyl adjacent to an activating group) is 1. The number of carbonyl (C=O) groups is 1. The van der Waals surface area contributed by atoms with Crippen LogP contribution in [0.25, 0.3) is 55.6 Å². The highest BCUT2D eigenvalue weighted by atomic mass is 32.2. The largest absolute Gasteiger partial charge is 0.493 e. The number of hydrogen-bond acceptors (Lipinski definition) is 11. The molecule has 2 aromatic carbocycles. The monoisotopic (exact) mass is 625 g/mol. The van der Waals surface area contributed by atoms with Crippen molar-refractivity contribution in [3.8, 4) is 33.7 Å². The van der Waals surface area contributed by atoms with Crippen LogP contribution in [0.15, 0.2) is 119 Å². The molecule has 1 aliphatic rings. The molecule has 2 N–H and O–H groups in total. The summed E-state index contributed by atoms with van der Waals surface area (Å²) in [6.07, 6.45) is 1.36. The van der Waals surface area contributed by atoms with Crippen LogP contribution in [0.1, 0.15) is 9.67 Å². The van der Waals surface area contributed by atoms with Crippen molar-refractivity contribution < 1.29 is 36.0 Å². The third kappa shape index (κ3) is 4.05. The van der Waals surface area contributed by atoms with Gasteiger partial charge in [0.2, 0.25) is 11.7 Å². The summed E-state index contributed by atoms with van der Waals surface area (Å²) in [5.41, 5.74) is 0.869. The first-order chi connectivity index (χ1) is 21.3. The first-order valence-electron chi connectivity index (χ1n) is 13.2. The Morgan fingerprint density at radius 1 is 0.818 bits per heavy atom. The number of furan rings is 3. The molecule has 0 bridgehead atoms. The van der Waals surface area contributed by atoms with Gasteiger partial charge in [0.1, 0.15) is 21.8 Å². The van der Waals surface area contributed by atoms with Crippen molar-refractivity contribution in [2.45, 2.75) is 4.90 Å². The van der Waals surface area contributed by atoms with Gasteiger partial charge in [-0.15, -0.1) is 11.3 Å². The number of anilines is 1. The molecule has 0 fully saturated rings. The summed E-state index contributed by atoms with van der Waals surface area (Å²) >= 11 is 0.965. The van der Waals surface area contributed by atoms with Crippen LogP contribution in [0.3, 0.4) is 0 Å². The van der Waals surface area contributed by atoms with E-state index in [9.17, 15) is 18.3 Å². The Hall–Kier alpha value is -5.53. The fourth-order valence-electron chi connectivity index (χ4n) is 5.04. The van der Waals surface area contributed by atoms with Gasteiger partial charge in [-0.3, -0.25) is 14.4 Å². The molecule has 0 radical (unpaired) electrons. The van der Waals surface area contributed by atoms with Gasteiger partial charge < -0.3 is 22.8 Å². The second-order valence-corrected chi connectivity index (χ2v) is 12.9. The van der Waals surface area contributed by atoms with Crippen LogP contribution < -0.4 is 5.32 Å². The van der Waals surface area contributed by atoms with Gasteiger partial charge in [-0.1, -0.05) is 36.4 Å². The number of aromatic nitrogens is 1. The number of benzene rings is 2. The molecule has 5 aromatic heterocycles. The maximum Gasteiger partial charge on any atom is 0.302 e. The summed E-state index contributed by atoms with van der Waals surface area (Å²) in [4.78, 5) is 17.9. The molecule has 7 aromatic rings. The molecule has 6 heterocycles. The Morgan fingerprint density at radius 3 is 2.16 bits per heavy atom. The van der Waals surface area contributed by atoms with E-state index in [2.05, 4.69) is 10.3 Å². The summed E-state index contributed by atoms with van der Waals surface area (Å²) in [5, 5.41) is 15.2. The summed E-state index contributed by atoms with van der Waals surface area (Å²) in [7, 11) is -2.99. The van der Waals surface area contributed by atoms with Crippen molar-refractivity contribution in [2.24, 2.45) is 0 Å². The van der Waals surface area contributed by atoms with Gasteiger partial charge in [-0.05, 0) is 42.5 Å². The quantitative estimate of drug-likeness (QED) is 0.145. The molecule has 44 heavy (non-hydrogen) atoms. The molecule has 8 rings (SSSR count). The van der Waals surface area contributed by atoms with Crippen molar-refractivity contribution in [2.75, 3.05) is 12.4 Å². The Balaban J connectivity index is 1.08. The smallest absolute Gasteiger partial charge is 0.302 e. The van der Waals surface area contributed by atoms with Crippen molar-refractivity contribution in [3.63, 3.8) is 0 Å². The van der Waals surface area contributed by atoms with Gasteiger partial charge in [0, 0.05) is 17.8 Å². The summed E-state index contributed by atoms with van der Waals surface area (Å²) in [5.74, 6) is 0.555. The average Bonchev–Trinajstić information content (AvgIpc) is 3.84. The summed E-state index contributed by atoms with van der Waals surface area (Å²) < 4.78 is 50.9. The van der Waals surface area contributed by atoms with Crippen LogP contribution in [0.2, 0.25) is 0 Å². The number of Topliss-reactive ketones (excluding diaryl/α,β-unsaturated/α-hetero) is 1. The van der Waals surface area contributed by atoms with E-state index in [0.29, 0.717) is 33.5 Å². The lowest BCUT2D eigenvalue weighted by Gasteiger charge is -2.26. The Kier molecular flexibility index (Phi) is 5.63. The van der Waals surface area contributed by atoms with Crippen molar-refractivity contribution in [1.82, 2.24) is 9.29 Å². The van der Waals surface area contributed by atoms with E-state index < -0.39 is 27.4 Å². The molecule has 0 aliphatic carbocycles. The Bertz CT molecular complexity index is 2340. The van der Waals surface area contributed by atoms with Crippen molar-refractivity contribution in [3.05, 3.63) is 102 Å². The molecule has 0 spiro atoms. The minimum Gasteiger partial charge on any atom is -0.493 e. The second kappa shape index (κ2) is 9.49. The van der Waals surface area contributed by atoms with Crippen LogP contribution in [0.4, 0.5) is 6.01 Å². The Morgan fingerprint density at radius 2 is 1.45 bits per heavy atom. The van der Waals surface area contributed by atoms with Crippen LogP contribution in [0, 0.1) is 0 Å². The number of ketones is 1. The zero-order chi connectivity index (χ0) is 30.2. The third-order valence-electron chi connectivity index (χ3n) is 7.21. The number of hydrogen-bond donors (Lipinski definition) is 2. The normalized spacial score (nSPS) is 15.7. The highest BCUT2D eigenvalue weighted by Gasteiger charge is 2.42. The van der Waals surface area contributed by atoms with Gasteiger partial charge in [0.05, 0.1) is 16.0 Å². The van der Waals surface area contributed by atoms with E-state index in [0.717, 1.165) is 32.0 Å². The number of aliphatic hydroxyl groups excluding tert-OH is 1. The summed E-state index contributed by atoms with van der Waals surface area (Å²) in [6, 6.07) is 23.2. The molecule has 11 nitrogen and oxygen atoms in total. The zero-order valence-corrected chi connectivity index (χ0v) is 24.2. The molecule has 0 atom stereocenters. The highest BCUT2D eigenvalue weighted by Crippen LogP contribution is 2.42. The standard InChI is InChI=1S/C31H19N3O8S2/c1-34-27(28(35)29-26(44(34,37)38)14-25(43-29)23-13-17-7-3-5-9-19(17)40-23)30(36)33-31-32-15-24(42-31)21-11-10-20(41-21)22-12-16-6-2-4-8-18(16)39-22/h2-15,36H,1H3,(H,32,33)/b30-27+. The molecule has 13 heteroatoms. The number of carbonyl (C=O) groups excluding carboxylic acids is 1. The minimum atomic E-state index is -4.18. The van der Waals surface area contributed by atoms with E-state index in [1.165, 1.54) is 19.3 Å². The van der Waals surface area contributed by atoms with E-state index >= 15 is 0 Å². The van der Waals surface area contributed by atoms with Gasteiger partial charge in [0.25, 0.3) is 10.0 Å². The fourth-order valence-corrected chi connectivity index (χ4v) is 7.80. The molecule has 1 aliphatic heterocycles. The maximum absolute atomic E-state index is 13.5. The molecular weight excluding hydrogens is 606 g/mol. The van der Waals surface area contributed by atoms with Crippen molar-refractivity contribution in [1.29, 1.82) is 0 Å². The van der Waals surface area contributed by atoms with Crippen LogP contribution in [0.5, 0.6) is 0 Å². The van der Waals surface area contributed by atoms with Gasteiger partial charge in [-0.2, -0.15) is 0 Å².